The summed E-state index contributed by atoms with van der Waals surface area (Å²) in [6.07, 6.45) is -0.167. The van der Waals surface area contributed by atoms with Gasteiger partial charge >= 0.3 is 0 Å². The lowest BCUT2D eigenvalue weighted by Crippen LogP contribution is -2.42. The number of hydrogen-bond acceptors (Lipinski definition) is 5. The van der Waals surface area contributed by atoms with Gasteiger partial charge in [-0.1, -0.05) is 12.1 Å². The standard InChI is InChI=1S/C17H22N4O3/c1-4-21-18-12(2)16(19-21)17(22)20-8-9-24-15(11-20)13-6-5-7-14(10-13)23-3/h5-7,10,15H,4,8-9,11H2,1-3H3. The number of aromatic nitrogens is 3. The molecular weight excluding hydrogens is 308 g/mol. The number of nitrogens with zero attached hydrogens (tertiary/aromatic N) is 4. The SMILES string of the molecule is CCn1nc(C)c(C(=O)N2CCOC(c3cccc(OC)c3)C2)n1. The minimum atomic E-state index is -0.167. The monoisotopic (exact) mass is 330 g/mol. The molecule has 24 heavy (non-hydrogen) atoms. The third-order valence-electron chi connectivity index (χ3n) is 4.13. The molecule has 0 N–H and O–H groups in total. The molecule has 2 heterocycles. The van der Waals surface area contributed by atoms with E-state index in [0.717, 1.165) is 11.3 Å². The van der Waals surface area contributed by atoms with E-state index in [0.29, 0.717) is 37.6 Å². The van der Waals surface area contributed by atoms with Crippen molar-refractivity contribution in [2.75, 3.05) is 26.8 Å². The van der Waals surface area contributed by atoms with Crippen LogP contribution in [-0.4, -0.2) is 52.6 Å². The second-order valence-corrected chi connectivity index (χ2v) is 5.71. The van der Waals surface area contributed by atoms with Crippen molar-refractivity contribution in [3.05, 3.63) is 41.2 Å². The van der Waals surface area contributed by atoms with Gasteiger partial charge in [0.05, 0.1) is 32.5 Å². The van der Waals surface area contributed by atoms with Crippen LogP contribution in [-0.2, 0) is 11.3 Å². The molecule has 128 valence electrons. The predicted molar refractivity (Wildman–Crippen MR) is 88.0 cm³/mol. The van der Waals surface area contributed by atoms with E-state index >= 15 is 0 Å². The van der Waals surface area contributed by atoms with E-state index in [1.54, 1.807) is 16.8 Å². The van der Waals surface area contributed by atoms with Crippen molar-refractivity contribution in [3.8, 4) is 5.75 Å². The van der Waals surface area contributed by atoms with Crippen molar-refractivity contribution >= 4 is 5.91 Å². The molecule has 7 nitrogen and oxygen atoms in total. The van der Waals surface area contributed by atoms with Gasteiger partial charge in [-0.15, -0.1) is 5.10 Å². The van der Waals surface area contributed by atoms with Gasteiger partial charge in [-0.25, -0.2) is 0 Å². The molecule has 1 aromatic heterocycles. The number of morpholine rings is 1. The van der Waals surface area contributed by atoms with Gasteiger partial charge in [-0.3, -0.25) is 4.79 Å². The normalized spacial score (nSPS) is 17.8. The second-order valence-electron chi connectivity index (χ2n) is 5.71. The topological polar surface area (TPSA) is 69.5 Å². The first-order chi connectivity index (χ1) is 11.6. The molecular formula is C17H22N4O3. The molecule has 1 fully saturated rings. The summed E-state index contributed by atoms with van der Waals surface area (Å²) in [6.45, 7) is 5.94. The molecule has 0 aliphatic carbocycles. The number of aryl methyl sites for hydroxylation is 2. The van der Waals surface area contributed by atoms with Crippen LogP contribution in [0, 0.1) is 6.92 Å². The molecule has 1 aliphatic heterocycles. The van der Waals surface area contributed by atoms with Crippen molar-refractivity contribution in [1.82, 2.24) is 19.9 Å². The van der Waals surface area contributed by atoms with Gasteiger partial charge in [0, 0.05) is 6.54 Å². The van der Waals surface area contributed by atoms with Gasteiger partial charge in [0.25, 0.3) is 5.91 Å². The summed E-state index contributed by atoms with van der Waals surface area (Å²) in [5.74, 6) is 0.685. The number of rotatable bonds is 4. The Morgan fingerprint density at radius 3 is 2.96 bits per heavy atom. The smallest absolute Gasteiger partial charge is 0.276 e. The van der Waals surface area contributed by atoms with E-state index in [2.05, 4.69) is 10.2 Å². The van der Waals surface area contributed by atoms with Crippen LogP contribution >= 0.6 is 0 Å². The predicted octanol–water partition coefficient (Wildman–Crippen LogP) is 1.83. The van der Waals surface area contributed by atoms with Crippen molar-refractivity contribution in [3.63, 3.8) is 0 Å². The molecule has 1 atom stereocenters. The number of ether oxygens (including phenoxy) is 2. The van der Waals surface area contributed by atoms with Crippen molar-refractivity contribution < 1.29 is 14.3 Å². The highest BCUT2D eigenvalue weighted by atomic mass is 16.5. The van der Waals surface area contributed by atoms with Crippen LogP contribution in [0.2, 0.25) is 0 Å². The molecule has 2 aromatic rings. The van der Waals surface area contributed by atoms with E-state index in [9.17, 15) is 4.79 Å². The largest absolute Gasteiger partial charge is 0.497 e. The van der Waals surface area contributed by atoms with Gasteiger partial charge in [0.15, 0.2) is 5.69 Å². The molecule has 1 unspecified atom stereocenters. The molecule has 0 spiro atoms. The van der Waals surface area contributed by atoms with E-state index in [-0.39, 0.29) is 12.0 Å². The van der Waals surface area contributed by atoms with Crippen LogP contribution in [0.25, 0.3) is 0 Å². The van der Waals surface area contributed by atoms with Gasteiger partial charge in [-0.2, -0.15) is 9.90 Å². The third-order valence-corrected chi connectivity index (χ3v) is 4.13. The Hall–Kier alpha value is -2.41. The average molecular weight is 330 g/mol. The Morgan fingerprint density at radius 2 is 2.25 bits per heavy atom. The van der Waals surface area contributed by atoms with Crippen molar-refractivity contribution in [2.45, 2.75) is 26.5 Å². The van der Waals surface area contributed by atoms with E-state index in [4.69, 9.17) is 9.47 Å². The quantitative estimate of drug-likeness (QED) is 0.855. The lowest BCUT2D eigenvalue weighted by molar-refractivity contribution is -0.0231. The van der Waals surface area contributed by atoms with E-state index < -0.39 is 0 Å². The fraction of sp³-hybridized carbons (Fsp3) is 0.471. The number of benzene rings is 1. The summed E-state index contributed by atoms with van der Waals surface area (Å²) < 4.78 is 11.1. The summed E-state index contributed by atoms with van der Waals surface area (Å²) in [5.41, 5.74) is 2.08. The zero-order valence-corrected chi connectivity index (χ0v) is 14.2. The van der Waals surface area contributed by atoms with Gasteiger partial charge in [0.2, 0.25) is 0 Å². The molecule has 0 radical (unpaired) electrons. The summed E-state index contributed by atoms with van der Waals surface area (Å²) >= 11 is 0. The van der Waals surface area contributed by atoms with E-state index in [1.165, 1.54) is 0 Å². The zero-order chi connectivity index (χ0) is 17.1. The number of methoxy groups -OCH3 is 1. The molecule has 1 aliphatic rings. The van der Waals surface area contributed by atoms with Crippen LogP contribution in [0.5, 0.6) is 5.75 Å². The maximum absolute atomic E-state index is 12.8. The number of hydrogen-bond donors (Lipinski definition) is 0. The summed E-state index contributed by atoms with van der Waals surface area (Å²) in [6, 6.07) is 7.74. The molecule has 1 saturated heterocycles. The van der Waals surface area contributed by atoms with Crippen LogP contribution in [0.15, 0.2) is 24.3 Å². The number of carbonyl (C=O) groups is 1. The Labute approximate surface area is 141 Å². The summed E-state index contributed by atoms with van der Waals surface area (Å²) in [4.78, 5) is 16.1. The number of amides is 1. The Kier molecular flexibility index (Phi) is 4.80. The summed E-state index contributed by atoms with van der Waals surface area (Å²) in [5, 5.41) is 8.54. The van der Waals surface area contributed by atoms with E-state index in [1.807, 2.05) is 38.1 Å². The average Bonchev–Trinajstić information content (AvgIpc) is 3.02. The summed E-state index contributed by atoms with van der Waals surface area (Å²) in [7, 11) is 1.64. The lowest BCUT2D eigenvalue weighted by Gasteiger charge is -2.33. The first-order valence-electron chi connectivity index (χ1n) is 8.09. The number of carbonyl (C=O) groups excluding carboxylic acids is 1. The molecule has 0 bridgehead atoms. The second kappa shape index (κ2) is 7.00. The Balaban J connectivity index is 1.77. The van der Waals surface area contributed by atoms with Crippen LogP contribution in [0.3, 0.4) is 0 Å². The first kappa shape index (κ1) is 16.4. The minimum absolute atomic E-state index is 0.0941. The van der Waals surface area contributed by atoms with Crippen LogP contribution < -0.4 is 4.74 Å². The lowest BCUT2D eigenvalue weighted by atomic mass is 10.1. The van der Waals surface area contributed by atoms with Gasteiger partial charge in [-0.05, 0) is 31.5 Å². The highest BCUT2D eigenvalue weighted by molar-refractivity contribution is 5.93. The molecule has 0 saturated carbocycles. The zero-order valence-electron chi connectivity index (χ0n) is 14.2. The Morgan fingerprint density at radius 1 is 1.42 bits per heavy atom. The molecule has 3 rings (SSSR count). The molecule has 1 amide bonds. The van der Waals surface area contributed by atoms with Crippen molar-refractivity contribution in [1.29, 1.82) is 0 Å². The maximum atomic E-state index is 12.8. The Bertz CT molecular complexity index is 728. The van der Waals surface area contributed by atoms with Crippen LogP contribution in [0.4, 0.5) is 0 Å². The molecule has 1 aromatic carbocycles. The highest BCUT2D eigenvalue weighted by Gasteiger charge is 2.29. The molecule has 7 heteroatoms. The minimum Gasteiger partial charge on any atom is -0.497 e. The van der Waals surface area contributed by atoms with Crippen LogP contribution in [0.1, 0.15) is 34.8 Å². The third kappa shape index (κ3) is 3.26. The van der Waals surface area contributed by atoms with Gasteiger partial charge < -0.3 is 14.4 Å². The fourth-order valence-corrected chi connectivity index (χ4v) is 2.80. The first-order valence-corrected chi connectivity index (χ1v) is 8.09. The van der Waals surface area contributed by atoms with Crippen molar-refractivity contribution in [2.24, 2.45) is 0 Å². The fourth-order valence-electron chi connectivity index (χ4n) is 2.80. The maximum Gasteiger partial charge on any atom is 0.276 e. The highest BCUT2D eigenvalue weighted by Crippen LogP contribution is 2.26. The van der Waals surface area contributed by atoms with Gasteiger partial charge in [0.1, 0.15) is 11.9 Å².